The summed E-state index contributed by atoms with van der Waals surface area (Å²) in [6, 6.07) is 12.7. The number of ether oxygens (including phenoxy) is 3. The number of nitrogens with zero attached hydrogens (tertiary/aromatic N) is 2. The predicted molar refractivity (Wildman–Crippen MR) is 135 cm³/mol. The topological polar surface area (TPSA) is 97.4 Å². The summed E-state index contributed by atoms with van der Waals surface area (Å²) >= 11 is 0. The third-order valence-electron chi connectivity index (χ3n) is 7.15. The summed E-state index contributed by atoms with van der Waals surface area (Å²) in [5.74, 6) is 0.454. The molecule has 0 saturated carbocycles. The van der Waals surface area contributed by atoms with Gasteiger partial charge in [0, 0.05) is 31.8 Å². The Morgan fingerprint density at radius 2 is 1.72 bits per heavy atom. The highest BCUT2D eigenvalue weighted by atomic mass is 32.2. The van der Waals surface area contributed by atoms with Gasteiger partial charge in [-0.15, -0.1) is 0 Å². The van der Waals surface area contributed by atoms with E-state index in [1.807, 2.05) is 32.0 Å². The van der Waals surface area contributed by atoms with Crippen LogP contribution in [0.5, 0.6) is 5.75 Å². The Hall–Kier alpha value is -2.66. The standard InChI is InChI=1S/C26H33N3O6S/c1-17-7-8-18(2)23(11-17)26(30)28-15-24(33-3)25(16-28)35-20-6-4-5-19(12-20)27-36(31,32)29-13-21-9-10-22(14-29)34-21/h4-8,11-12,21-22,24-25,27H,9-10,13-16H2,1-3H3/t21-,22-,24?,25?/m0/s1. The maximum atomic E-state index is 13.2. The Morgan fingerprint density at radius 1 is 1.00 bits per heavy atom. The summed E-state index contributed by atoms with van der Waals surface area (Å²) < 4.78 is 47.7. The van der Waals surface area contributed by atoms with E-state index in [0.717, 1.165) is 24.0 Å². The van der Waals surface area contributed by atoms with Gasteiger partial charge >= 0.3 is 10.2 Å². The molecule has 3 aliphatic rings. The molecule has 3 heterocycles. The predicted octanol–water partition coefficient (Wildman–Crippen LogP) is 2.74. The zero-order valence-electron chi connectivity index (χ0n) is 20.8. The molecule has 3 aliphatic heterocycles. The van der Waals surface area contributed by atoms with Gasteiger partial charge < -0.3 is 19.1 Å². The molecule has 10 heteroatoms. The number of anilines is 1. The van der Waals surface area contributed by atoms with Gasteiger partial charge in [-0.2, -0.15) is 12.7 Å². The van der Waals surface area contributed by atoms with Gasteiger partial charge in [0.25, 0.3) is 5.91 Å². The molecule has 0 aliphatic carbocycles. The van der Waals surface area contributed by atoms with Crippen LogP contribution < -0.4 is 9.46 Å². The molecule has 0 radical (unpaired) electrons. The van der Waals surface area contributed by atoms with Gasteiger partial charge in [0.05, 0.1) is 31.0 Å². The molecular formula is C26H33N3O6S. The van der Waals surface area contributed by atoms with Crippen LogP contribution >= 0.6 is 0 Å². The van der Waals surface area contributed by atoms with E-state index in [1.54, 1.807) is 36.3 Å². The maximum Gasteiger partial charge on any atom is 0.301 e. The third kappa shape index (κ3) is 5.22. The van der Waals surface area contributed by atoms with Gasteiger partial charge in [0.1, 0.15) is 18.0 Å². The van der Waals surface area contributed by atoms with Crippen LogP contribution in [0.4, 0.5) is 5.69 Å². The molecule has 3 fully saturated rings. The van der Waals surface area contributed by atoms with Gasteiger partial charge in [0.2, 0.25) is 0 Å². The second kappa shape index (κ2) is 10.0. The lowest BCUT2D eigenvalue weighted by molar-refractivity contribution is -0.0112. The average Bonchev–Trinajstić information content (AvgIpc) is 3.41. The van der Waals surface area contributed by atoms with Gasteiger partial charge in [0.15, 0.2) is 0 Å². The van der Waals surface area contributed by atoms with Crippen molar-refractivity contribution in [3.8, 4) is 5.75 Å². The first-order valence-electron chi connectivity index (χ1n) is 12.3. The van der Waals surface area contributed by atoms with Gasteiger partial charge in [-0.1, -0.05) is 23.8 Å². The van der Waals surface area contributed by atoms with Crippen LogP contribution in [0, 0.1) is 13.8 Å². The number of hydrogen-bond acceptors (Lipinski definition) is 6. The van der Waals surface area contributed by atoms with Crippen molar-refractivity contribution >= 4 is 21.8 Å². The molecule has 3 saturated heterocycles. The number of rotatable bonds is 7. The van der Waals surface area contributed by atoms with E-state index < -0.39 is 10.2 Å². The Balaban J connectivity index is 1.26. The number of morpholine rings is 1. The fourth-order valence-corrected chi connectivity index (χ4v) is 6.46. The van der Waals surface area contributed by atoms with Crippen molar-refractivity contribution in [3.63, 3.8) is 0 Å². The van der Waals surface area contributed by atoms with Crippen LogP contribution in [-0.2, 0) is 19.7 Å². The van der Waals surface area contributed by atoms with Crippen molar-refractivity contribution in [1.82, 2.24) is 9.21 Å². The molecule has 194 valence electrons. The number of carbonyl (C=O) groups is 1. The number of carbonyl (C=O) groups excluding carboxylic acids is 1. The lowest BCUT2D eigenvalue weighted by Gasteiger charge is -2.31. The highest BCUT2D eigenvalue weighted by Gasteiger charge is 2.39. The van der Waals surface area contributed by atoms with Crippen LogP contribution in [-0.4, -0.2) is 81.2 Å². The van der Waals surface area contributed by atoms with E-state index in [9.17, 15) is 13.2 Å². The fraction of sp³-hybridized carbons (Fsp3) is 0.500. The van der Waals surface area contributed by atoms with Crippen molar-refractivity contribution in [2.24, 2.45) is 0 Å². The number of amides is 1. The van der Waals surface area contributed by atoms with Crippen molar-refractivity contribution in [2.75, 3.05) is 38.0 Å². The van der Waals surface area contributed by atoms with E-state index >= 15 is 0 Å². The monoisotopic (exact) mass is 515 g/mol. The normalized spacial score (nSPS) is 26.2. The zero-order chi connectivity index (χ0) is 25.4. The van der Waals surface area contributed by atoms with Crippen molar-refractivity contribution in [2.45, 2.75) is 51.1 Å². The Bertz CT molecular complexity index is 1220. The first kappa shape index (κ1) is 25.0. The second-order valence-corrected chi connectivity index (χ2v) is 11.5. The average molecular weight is 516 g/mol. The van der Waals surface area contributed by atoms with Crippen LogP contribution in [0.15, 0.2) is 42.5 Å². The molecule has 0 spiro atoms. The molecule has 1 N–H and O–H groups in total. The summed E-state index contributed by atoms with van der Waals surface area (Å²) in [6.07, 6.45) is 1.04. The van der Waals surface area contributed by atoms with Crippen molar-refractivity contribution in [1.29, 1.82) is 0 Å². The fourth-order valence-electron chi connectivity index (χ4n) is 5.18. The third-order valence-corrected chi connectivity index (χ3v) is 8.62. The van der Waals surface area contributed by atoms with Gasteiger partial charge in [-0.05, 0) is 50.5 Å². The van der Waals surface area contributed by atoms with Gasteiger partial charge in [-0.25, -0.2) is 0 Å². The van der Waals surface area contributed by atoms with Crippen molar-refractivity contribution < 1.29 is 27.4 Å². The summed E-state index contributed by atoms with van der Waals surface area (Å²) in [5, 5.41) is 0. The number of hydrogen-bond donors (Lipinski definition) is 1. The molecule has 4 atom stereocenters. The summed E-state index contributed by atoms with van der Waals surface area (Å²) in [4.78, 5) is 15.0. The number of aryl methyl sites for hydroxylation is 2. The number of methoxy groups -OCH3 is 1. The quantitative estimate of drug-likeness (QED) is 0.609. The minimum atomic E-state index is -3.71. The molecule has 5 rings (SSSR count). The van der Waals surface area contributed by atoms with E-state index in [-0.39, 0.29) is 30.3 Å². The molecule has 36 heavy (non-hydrogen) atoms. The molecule has 2 bridgehead atoms. The number of likely N-dealkylation sites (tertiary alicyclic amines) is 1. The Morgan fingerprint density at radius 3 is 2.44 bits per heavy atom. The number of nitrogens with one attached hydrogen (secondary N) is 1. The van der Waals surface area contributed by atoms with E-state index in [0.29, 0.717) is 43.2 Å². The molecule has 2 aromatic rings. The summed E-state index contributed by atoms with van der Waals surface area (Å²) in [5.41, 5.74) is 3.06. The highest BCUT2D eigenvalue weighted by Crippen LogP contribution is 2.29. The lowest BCUT2D eigenvalue weighted by atomic mass is 10.0. The minimum Gasteiger partial charge on any atom is -0.486 e. The molecule has 0 aromatic heterocycles. The SMILES string of the molecule is COC1CN(C(=O)c2cc(C)ccc2C)CC1Oc1cccc(NS(=O)(=O)N2C[C@@H]3CC[C@@H](C2)O3)c1. The minimum absolute atomic E-state index is 0.0300. The van der Waals surface area contributed by atoms with Crippen LogP contribution in [0.2, 0.25) is 0 Å². The van der Waals surface area contributed by atoms with Crippen LogP contribution in [0.1, 0.15) is 34.3 Å². The molecule has 2 aromatic carbocycles. The molecule has 9 nitrogen and oxygen atoms in total. The zero-order valence-corrected chi connectivity index (χ0v) is 21.7. The van der Waals surface area contributed by atoms with E-state index in [4.69, 9.17) is 14.2 Å². The van der Waals surface area contributed by atoms with E-state index in [1.165, 1.54) is 4.31 Å². The Kier molecular flexibility index (Phi) is 6.95. The Labute approximate surface area is 212 Å². The maximum absolute atomic E-state index is 13.2. The number of benzene rings is 2. The van der Waals surface area contributed by atoms with Crippen molar-refractivity contribution in [3.05, 3.63) is 59.2 Å². The molecule has 2 unspecified atom stereocenters. The largest absolute Gasteiger partial charge is 0.486 e. The van der Waals surface area contributed by atoms with E-state index in [2.05, 4.69) is 4.72 Å². The molecular weight excluding hydrogens is 482 g/mol. The smallest absolute Gasteiger partial charge is 0.301 e. The van der Waals surface area contributed by atoms with Crippen LogP contribution in [0.3, 0.4) is 0 Å². The summed E-state index contributed by atoms with van der Waals surface area (Å²) in [7, 11) is -2.11. The summed E-state index contributed by atoms with van der Waals surface area (Å²) in [6.45, 7) is 5.41. The second-order valence-electron chi connectivity index (χ2n) is 9.87. The number of fused-ring (bicyclic) bond motifs is 2. The van der Waals surface area contributed by atoms with Crippen LogP contribution in [0.25, 0.3) is 0 Å². The first-order chi connectivity index (χ1) is 17.2. The lowest BCUT2D eigenvalue weighted by Crippen LogP contribution is -2.47. The molecule has 1 amide bonds. The van der Waals surface area contributed by atoms with Gasteiger partial charge in [-0.3, -0.25) is 9.52 Å². The highest BCUT2D eigenvalue weighted by molar-refractivity contribution is 7.90. The first-order valence-corrected chi connectivity index (χ1v) is 13.8.